The van der Waals surface area contributed by atoms with Gasteiger partial charge in [0.05, 0.1) is 0 Å². The van der Waals surface area contributed by atoms with Gasteiger partial charge in [-0.1, -0.05) is 13.8 Å². The fraction of sp³-hybridized carbons (Fsp3) is 0.455. The predicted octanol–water partition coefficient (Wildman–Crippen LogP) is 2.94. The average molecular weight is 414 g/mol. The van der Waals surface area contributed by atoms with Gasteiger partial charge in [-0.15, -0.1) is 0 Å². The molecule has 0 unspecified atom stereocenters. The molecule has 0 spiro atoms. The molecule has 3 amide bonds. The van der Waals surface area contributed by atoms with Gasteiger partial charge in [0.1, 0.15) is 18.7 Å². The summed E-state index contributed by atoms with van der Waals surface area (Å²) in [4.78, 5) is 50.1. The lowest BCUT2D eigenvalue weighted by atomic mass is 9.95. The largest absolute Gasteiger partial charge is 0.461 e. The van der Waals surface area contributed by atoms with Crippen molar-refractivity contribution < 1.29 is 23.5 Å². The van der Waals surface area contributed by atoms with E-state index in [1.165, 1.54) is 11.0 Å². The van der Waals surface area contributed by atoms with Crippen molar-refractivity contribution in [2.75, 3.05) is 20.1 Å². The highest BCUT2D eigenvalue weighted by Gasteiger charge is 2.32. The number of likely N-dealkylation sites (N-methyl/N-ethyl adjacent to an activating group) is 1. The van der Waals surface area contributed by atoms with E-state index in [-0.39, 0.29) is 38.1 Å². The van der Waals surface area contributed by atoms with Gasteiger partial charge in [0.2, 0.25) is 5.91 Å². The first kappa shape index (κ1) is 21.5. The summed E-state index contributed by atoms with van der Waals surface area (Å²) in [6, 6.07) is 4.79. The number of ether oxygens (including phenoxy) is 1. The smallest absolute Gasteiger partial charge is 0.336 e. The zero-order valence-electron chi connectivity index (χ0n) is 17.7. The van der Waals surface area contributed by atoms with Gasteiger partial charge in [0.15, 0.2) is 0 Å². The Morgan fingerprint density at radius 3 is 2.57 bits per heavy atom. The van der Waals surface area contributed by atoms with Gasteiger partial charge in [-0.2, -0.15) is 0 Å². The van der Waals surface area contributed by atoms with E-state index in [9.17, 15) is 19.2 Å². The van der Waals surface area contributed by atoms with E-state index in [2.05, 4.69) is 13.8 Å². The number of rotatable bonds is 7. The van der Waals surface area contributed by atoms with Crippen molar-refractivity contribution >= 4 is 28.9 Å². The van der Waals surface area contributed by atoms with Crippen LogP contribution in [-0.2, 0) is 20.9 Å². The molecule has 1 saturated heterocycles. The van der Waals surface area contributed by atoms with Gasteiger partial charge in [0.25, 0.3) is 0 Å². The monoisotopic (exact) mass is 414 g/mol. The Morgan fingerprint density at radius 1 is 1.20 bits per heavy atom. The molecule has 0 N–H and O–H groups in total. The Morgan fingerprint density at radius 2 is 1.93 bits per heavy atom. The van der Waals surface area contributed by atoms with Gasteiger partial charge in [-0.05, 0) is 42.5 Å². The zero-order valence-corrected chi connectivity index (χ0v) is 17.7. The van der Waals surface area contributed by atoms with E-state index in [0.717, 1.165) is 21.4 Å². The number of urea groups is 1. The van der Waals surface area contributed by atoms with Crippen LogP contribution < -0.4 is 5.63 Å². The Hall–Kier alpha value is -3.16. The lowest BCUT2D eigenvalue weighted by Gasteiger charge is -2.14. The van der Waals surface area contributed by atoms with Crippen molar-refractivity contribution in [2.24, 2.45) is 0 Å². The third kappa shape index (κ3) is 4.53. The molecule has 0 saturated carbocycles. The van der Waals surface area contributed by atoms with Crippen molar-refractivity contribution in [3.63, 3.8) is 0 Å². The Labute approximate surface area is 174 Å². The summed E-state index contributed by atoms with van der Waals surface area (Å²) in [6.45, 7) is 6.32. The third-order valence-corrected chi connectivity index (χ3v) is 5.22. The number of carbonyl (C=O) groups is 3. The van der Waals surface area contributed by atoms with Crippen LogP contribution in [0.25, 0.3) is 11.0 Å². The molecule has 1 aliphatic heterocycles. The molecule has 1 fully saturated rings. The second-order valence-corrected chi connectivity index (χ2v) is 7.90. The fourth-order valence-corrected chi connectivity index (χ4v) is 3.63. The molecule has 160 valence electrons. The van der Waals surface area contributed by atoms with Crippen LogP contribution in [0.3, 0.4) is 0 Å². The lowest BCUT2D eigenvalue weighted by molar-refractivity contribution is -0.145. The molecule has 1 aromatic carbocycles. The number of hydrogen-bond donors (Lipinski definition) is 0. The van der Waals surface area contributed by atoms with Crippen LogP contribution in [0.1, 0.15) is 49.3 Å². The van der Waals surface area contributed by atoms with E-state index in [1.807, 2.05) is 19.1 Å². The topological polar surface area (TPSA) is 97.1 Å². The maximum Gasteiger partial charge on any atom is 0.336 e. The molecular formula is C22H26N2O6. The van der Waals surface area contributed by atoms with Crippen molar-refractivity contribution in [3.05, 3.63) is 45.3 Å². The Bertz CT molecular complexity index is 1060. The minimum atomic E-state index is -0.500. The van der Waals surface area contributed by atoms with Crippen LogP contribution >= 0.6 is 0 Å². The molecule has 30 heavy (non-hydrogen) atoms. The van der Waals surface area contributed by atoms with Crippen molar-refractivity contribution in [1.82, 2.24) is 9.80 Å². The summed E-state index contributed by atoms with van der Waals surface area (Å²) < 4.78 is 10.6. The van der Waals surface area contributed by atoms with Crippen LogP contribution in [0.15, 0.2) is 27.4 Å². The minimum Gasteiger partial charge on any atom is -0.461 e. The number of carbonyl (C=O) groups excluding carboxylic acids is 3. The van der Waals surface area contributed by atoms with Crippen LogP contribution in [0.2, 0.25) is 0 Å². The quantitative estimate of drug-likeness (QED) is 0.393. The molecule has 0 atom stereocenters. The number of esters is 1. The van der Waals surface area contributed by atoms with Crippen LogP contribution in [0.4, 0.5) is 4.79 Å². The van der Waals surface area contributed by atoms with Gasteiger partial charge in [-0.25, -0.2) is 9.59 Å². The van der Waals surface area contributed by atoms with E-state index in [1.54, 1.807) is 7.05 Å². The standard InChI is InChI=1S/C22H26N2O6/c1-13(2)16-10-17-15(9-21(27)30-18(17)8-14(16)3)12-29-20(26)6-5-7-24-19(25)11-23(4)22(24)28/h8-10,13H,5-7,11-12H2,1-4H3. The first-order chi connectivity index (χ1) is 14.2. The normalized spacial score (nSPS) is 14.3. The van der Waals surface area contributed by atoms with E-state index in [4.69, 9.17) is 9.15 Å². The van der Waals surface area contributed by atoms with Crippen molar-refractivity contribution in [2.45, 2.75) is 46.1 Å². The number of amides is 3. The van der Waals surface area contributed by atoms with Crippen molar-refractivity contribution in [3.8, 4) is 0 Å². The summed E-state index contributed by atoms with van der Waals surface area (Å²) in [5.41, 5.74) is 2.72. The highest BCUT2D eigenvalue weighted by atomic mass is 16.5. The molecule has 3 rings (SSSR count). The van der Waals surface area contributed by atoms with Gasteiger partial charge in [0, 0.05) is 37.0 Å². The second kappa shape index (κ2) is 8.69. The lowest BCUT2D eigenvalue weighted by Crippen LogP contribution is -2.32. The number of hydrogen-bond acceptors (Lipinski definition) is 6. The first-order valence-corrected chi connectivity index (χ1v) is 9.95. The molecule has 1 aliphatic rings. The third-order valence-electron chi connectivity index (χ3n) is 5.22. The summed E-state index contributed by atoms with van der Waals surface area (Å²) in [6.07, 6.45) is 0.384. The van der Waals surface area contributed by atoms with E-state index >= 15 is 0 Å². The highest BCUT2D eigenvalue weighted by Crippen LogP contribution is 2.27. The van der Waals surface area contributed by atoms with Crippen molar-refractivity contribution in [1.29, 1.82) is 0 Å². The number of imide groups is 1. The molecule has 0 aliphatic carbocycles. The highest BCUT2D eigenvalue weighted by molar-refractivity contribution is 6.01. The second-order valence-electron chi connectivity index (χ2n) is 7.90. The van der Waals surface area contributed by atoms with Crippen LogP contribution in [0.5, 0.6) is 0 Å². The number of aryl methyl sites for hydroxylation is 1. The Balaban J connectivity index is 1.64. The molecule has 1 aromatic heterocycles. The van der Waals surface area contributed by atoms with Gasteiger partial charge >= 0.3 is 17.6 Å². The zero-order chi connectivity index (χ0) is 22.0. The maximum atomic E-state index is 12.1. The number of benzene rings is 1. The fourth-order valence-electron chi connectivity index (χ4n) is 3.63. The van der Waals surface area contributed by atoms with E-state index < -0.39 is 11.6 Å². The maximum absolute atomic E-state index is 12.1. The Kier molecular flexibility index (Phi) is 6.24. The summed E-state index contributed by atoms with van der Waals surface area (Å²) in [7, 11) is 1.56. The average Bonchev–Trinajstić information content (AvgIpc) is 2.91. The van der Waals surface area contributed by atoms with Gasteiger partial charge in [-0.3, -0.25) is 14.5 Å². The SMILES string of the molecule is Cc1cc2oc(=O)cc(COC(=O)CCCN3C(=O)CN(C)C3=O)c2cc1C(C)C. The summed E-state index contributed by atoms with van der Waals surface area (Å²) >= 11 is 0. The van der Waals surface area contributed by atoms with Crippen LogP contribution in [0, 0.1) is 6.92 Å². The summed E-state index contributed by atoms with van der Waals surface area (Å²) in [5, 5.41) is 0.744. The molecular weight excluding hydrogens is 388 g/mol. The molecule has 0 bridgehead atoms. The number of fused-ring (bicyclic) bond motifs is 1. The van der Waals surface area contributed by atoms with E-state index in [0.29, 0.717) is 23.5 Å². The van der Waals surface area contributed by atoms with Gasteiger partial charge < -0.3 is 14.1 Å². The van der Waals surface area contributed by atoms with Crippen LogP contribution in [-0.4, -0.2) is 47.8 Å². The molecule has 2 aromatic rings. The molecule has 8 nitrogen and oxygen atoms in total. The first-order valence-electron chi connectivity index (χ1n) is 9.95. The predicted molar refractivity (Wildman–Crippen MR) is 110 cm³/mol. The molecule has 8 heteroatoms. The molecule has 0 radical (unpaired) electrons. The minimum absolute atomic E-state index is 0.0498. The molecule has 2 heterocycles. The number of nitrogens with zero attached hydrogens (tertiary/aromatic N) is 2. The summed E-state index contributed by atoms with van der Waals surface area (Å²) in [5.74, 6) is -0.429.